The van der Waals surface area contributed by atoms with Crippen molar-refractivity contribution >= 4 is 0 Å². The van der Waals surface area contributed by atoms with Crippen LogP contribution in [-0.4, -0.2) is 12.8 Å². The fourth-order valence-corrected chi connectivity index (χ4v) is 3.54. The van der Waals surface area contributed by atoms with Crippen molar-refractivity contribution in [2.24, 2.45) is 10.8 Å². The molecule has 3 saturated carbocycles. The molecular weight excluding hydrogens is 253 g/mol. The van der Waals surface area contributed by atoms with Gasteiger partial charge < -0.3 is 4.74 Å². The quantitative estimate of drug-likeness (QED) is 0.789. The van der Waals surface area contributed by atoms with E-state index in [2.05, 4.69) is 6.92 Å². The summed E-state index contributed by atoms with van der Waals surface area (Å²) < 4.78 is 43.8. The highest BCUT2D eigenvalue weighted by Crippen LogP contribution is 2.78. The van der Waals surface area contributed by atoms with E-state index < -0.39 is 11.6 Å². The second kappa shape index (κ2) is 3.90. The Kier molecular flexibility index (Phi) is 2.63. The first-order chi connectivity index (χ1) is 8.88. The minimum Gasteiger partial charge on any atom is -0.493 e. The zero-order valence-electron chi connectivity index (χ0n) is 10.9. The summed E-state index contributed by atoms with van der Waals surface area (Å²) in [5.41, 5.74) is -0.402. The van der Waals surface area contributed by atoms with Gasteiger partial charge in [0.2, 0.25) is 0 Å². The first-order valence-corrected chi connectivity index (χ1v) is 6.67. The average molecular weight is 270 g/mol. The molecule has 0 amide bonds. The highest BCUT2D eigenvalue weighted by atomic mass is 19.4. The van der Waals surface area contributed by atoms with Crippen LogP contribution in [-0.2, 0) is 6.42 Å². The zero-order chi connectivity index (χ0) is 13.7. The van der Waals surface area contributed by atoms with Gasteiger partial charge in [0.15, 0.2) is 0 Å². The number of aryl methyl sites for hydroxylation is 1. The van der Waals surface area contributed by atoms with E-state index in [1.165, 1.54) is 5.56 Å². The van der Waals surface area contributed by atoms with Crippen molar-refractivity contribution in [1.82, 2.24) is 0 Å². The third-order valence-corrected chi connectivity index (χ3v) is 4.59. The zero-order valence-corrected chi connectivity index (χ0v) is 10.9. The predicted molar refractivity (Wildman–Crippen MR) is 66.1 cm³/mol. The number of halogens is 3. The monoisotopic (exact) mass is 270 g/mol. The molecule has 3 aliphatic carbocycles. The Labute approximate surface area is 110 Å². The molecule has 0 aromatic heterocycles. The van der Waals surface area contributed by atoms with Crippen molar-refractivity contribution < 1.29 is 17.9 Å². The van der Waals surface area contributed by atoms with Gasteiger partial charge in [-0.1, -0.05) is 19.1 Å². The lowest BCUT2D eigenvalue weighted by Crippen LogP contribution is -2.69. The van der Waals surface area contributed by atoms with Gasteiger partial charge in [-0.05, 0) is 43.4 Å². The lowest BCUT2D eigenvalue weighted by Gasteiger charge is -2.70. The van der Waals surface area contributed by atoms with Crippen molar-refractivity contribution in [3.63, 3.8) is 0 Å². The third-order valence-electron chi connectivity index (χ3n) is 4.59. The van der Waals surface area contributed by atoms with Crippen LogP contribution >= 0.6 is 0 Å². The molecular formula is C15H17F3O. The van der Waals surface area contributed by atoms with E-state index in [1.807, 2.05) is 24.3 Å². The molecule has 0 unspecified atom stereocenters. The van der Waals surface area contributed by atoms with Crippen LogP contribution in [0.15, 0.2) is 24.3 Å². The number of rotatable bonds is 4. The van der Waals surface area contributed by atoms with Crippen LogP contribution in [0.5, 0.6) is 5.75 Å². The number of alkyl halides is 3. The molecule has 1 aromatic carbocycles. The molecule has 0 atom stereocenters. The molecule has 0 aliphatic heterocycles. The van der Waals surface area contributed by atoms with Gasteiger partial charge in [-0.15, -0.1) is 0 Å². The Balaban J connectivity index is 1.56. The Morgan fingerprint density at radius 2 is 1.89 bits per heavy atom. The van der Waals surface area contributed by atoms with Crippen LogP contribution in [0.4, 0.5) is 13.2 Å². The number of ether oxygens (including phenoxy) is 1. The first kappa shape index (κ1) is 12.8. The molecule has 0 radical (unpaired) electrons. The van der Waals surface area contributed by atoms with Crippen molar-refractivity contribution in [3.8, 4) is 5.75 Å². The van der Waals surface area contributed by atoms with Gasteiger partial charge in [0.05, 0.1) is 12.0 Å². The van der Waals surface area contributed by atoms with Gasteiger partial charge in [0, 0.05) is 5.41 Å². The summed E-state index contributed by atoms with van der Waals surface area (Å²) in [6, 6.07) is 7.77. The number of benzene rings is 1. The summed E-state index contributed by atoms with van der Waals surface area (Å²) in [4.78, 5) is 0. The van der Waals surface area contributed by atoms with E-state index in [-0.39, 0.29) is 24.7 Å². The second-order valence-electron chi connectivity index (χ2n) is 6.10. The van der Waals surface area contributed by atoms with Gasteiger partial charge in [0.25, 0.3) is 0 Å². The summed E-state index contributed by atoms with van der Waals surface area (Å²) in [5, 5.41) is 0. The predicted octanol–water partition coefficient (Wildman–Crippen LogP) is 4.36. The summed E-state index contributed by atoms with van der Waals surface area (Å²) in [6.45, 7) is 2.48. The summed E-state index contributed by atoms with van der Waals surface area (Å²) in [5.74, 6) is 0.769. The van der Waals surface area contributed by atoms with E-state index in [1.54, 1.807) is 0 Å². The molecule has 19 heavy (non-hydrogen) atoms. The molecule has 4 rings (SSSR count). The van der Waals surface area contributed by atoms with E-state index in [0.29, 0.717) is 6.61 Å². The van der Waals surface area contributed by atoms with E-state index in [4.69, 9.17) is 4.74 Å². The molecule has 1 aromatic rings. The van der Waals surface area contributed by atoms with Crippen molar-refractivity contribution in [1.29, 1.82) is 0 Å². The molecule has 104 valence electrons. The highest BCUT2D eigenvalue weighted by molar-refractivity contribution is 5.29. The topological polar surface area (TPSA) is 9.23 Å². The summed E-state index contributed by atoms with van der Waals surface area (Å²) >= 11 is 0. The normalized spacial score (nSPS) is 32.4. The molecule has 1 nitrogen and oxygen atoms in total. The number of hydrogen-bond acceptors (Lipinski definition) is 1. The maximum Gasteiger partial charge on any atom is 0.394 e. The van der Waals surface area contributed by atoms with Gasteiger partial charge in [-0.3, -0.25) is 0 Å². The van der Waals surface area contributed by atoms with E-state index in [9.17, 15) is 13.2 Å². The standard InChI is InChI=1S/C15H17F3O/c1-2-11-4-3-5-12(6-11)19-10-13-7-14(8-13,9-13)15(16,17)18/h3-6H,2,7-10H2,1H3. The lowest BCUT2D eigenvalue weighted by atomic mass is 9.35. The molecule has 0 saturated heterocycles. The van der Waals surface area contributed by atoms with Gasteiger partial charge in [0.1, 0.15) is 5.75 Å². The molecule has 4 heteroatoms. The summed E-state index contributed by atoms with van der Waals surface area (Å²) in [6.07, 6.45) is -2.36. The smallest absolute Gasteiger partial charge is 0.394 e. The Hall–Kier alpha value is -1.19. The third kappa shape index (κ3) is 1.92. The van der Waals surface area contributed by atoms with Crippen LogP contribution < -0.4 is 4.74 Å². The Morgan fingerprint density at radius 3 is 2.47 bits per heavy atom. The van der Waals surface area contributed by atoms with Crippen LogP contribution in [0.3, 0.4) is 0 Å². The van der Waals surface area contributed by atoms with Crippen molar-refractivity contribution in [2.75, 3.05) is 6.61 Å². The fraction of sp³-hybridized carbons (Fsp3) is 0.600. The fourth-order valence-electron chi connectivity index (χ4n) is 3.54. The number of hydrogen-bond donors (Lipinski definition) is 0. The Bertz CT molecular complexity index is 473. The maximum absolute atomic E-state index is 12.7. The minimum absolute atomic E-state index is 0.211. The average Bonchev–Trinajstić information content (AvgIpc) is 2.24. The summed E-state index contributed by atoms with van der Waals surface area (Å²) in [7, 11) is 0. The SMILES string of the molecule is CCc1cccc(OCC23CC(C(F)(F)F)(C2)C3)c1. The molecule has 2 bridgehead atoms. The second-order valence-corrected chi connectivity index (χ2v) is 6.10. The van der Waals surface area contributed by atoms with E-state index >= 15 is 0 Å². The molecule has 0 heterocycles. The van der Waals surface area contributed by atoms with Crippen molar-refractivity contribution in [3.05, 3.63) is 29.8 Å². The largest absolute Gasteiger partial charge is 0.493 e. The van der Waals surface area contributed by atoms with Crippen LogP contribution in [0, 0.1) is 10.8 Å². The molecule has 0 N–H and O–H groups in total. The van der Waals surface area contributed by atoms with Crippen LogP contribution in [0.2, 0.25) is 0 Å². The van der Waals surface area contributed by atoms with Crippen molar-refractivity contribution in [2.45, 2.75) is 38.8 Å². The first-order valence-electron chi connectivity index (χ1n) is 6.67. The van der Waals surface area contributed by atoms with Gasteiger partial charge in [-0.25, -0.2) is 0 Å². The maximum atomic E-state index is 12.7. The molecule has 0 spiro atoms. The van der Waals surface area contributed by atoms with E-state index in [0.717, 1.165) is 12.2 Å². The van der Waals surface area contributed by atoms with Gasteiger partial charge in [-0.2, -0.15) is 13.2 Å². The molecule has 3 aliphatic rings. The lowest BCUT2D eigenvalue weighted by molar-refractivity contribution is -0.367. The van der Waals surface area contributed by atoms with Crippen LogP contribution in [0.25, 0.3) is 0 Å². The van der Waals surface area contributed by atoms with Gasteiger partial charge >= 0.3 is 6.18 Å². The highest BCUT2D eigenvalue weighted by Gasteiger charge is 2.78. The minimum atomic E-state index is -4.03. The van der Waals surface area contributed by atoms with Crippen LogP contribution in [0.1, 0.15) is 31.7 Å². The Morgan fingerprint density at radius 1 is 1.21 bits per heavy atom. The molecule has 3 fully saturated rings.